The molecule has 2 N–H and O–H groups in total. The summed E-state index contributed by atoms with van der Waals surface area (Å²) in [5.41, 5.74) is 1.39. The number of hydrogen-bond acceptors (Lipinski definition) is 5. The first-order valence-electron chi connectivity index (χ1n) is 8.13. The molecule has 0 bridgehead atoms. The molecule has 28 heavy (non-hydrogen) atoms. The molecule has 0 radical (unpaired) electrons. The molecule has 0 aliphatic heterocycles. The Bertz CT molecular complexity index is 1080. The van der Waals surface area contributed by atoms with Crippen LogP contribution in [0.3, 0.4) is 0 Å². The van der Waals surface area contributed by atoms with Crippen LogP contribution in [0.2, 0.25) is 0 Å². The number of nitrogens with one attached hydrogen (secondary N) is 2. The van der Waals surface area contributed by atoms with E-state index in [2.05, 4.69) is 25.7 Å². The van der Waals surface area contributed by atoms with Gasteiger partial charge in [0.1, 0.15) is 6.33 Å². The second-order valence-corrected chi connectivity index (χ2v) is 5.96. The van der Waals surface area contributed by atoms with Gasteiger partial charge in [0.15, 0.2) is 17.5 Å². The molecule has 3 aromatic rings. The predicted molar refractivity (Wildman–Crippen MR) is 91.9 cm³/mol. The van der Waals surface area contributed by atoms with Gasteiger partial charge in [-0.3, -0.25) is 9.59 Å². The van der Waals surface area contributed by atoms with Gasteiger partial charge in [0.2, 0.25) is 11.8 Å². The number of aryl methyl sites for hydroxylation is 2. The number of amides is 2. The molecule has 0 aliphatic rings. The third kappa shape index (κ3) is 3.77. The minimum absolute atomic E-state index is 0.0622. The van der Waals surface area contributed by atoms with Crippen LogP contribution in [-0.4, -0.2) is 37.9 Å². The van der Waals surface area contributed by atoms with Gasteiger partial charge in [-0.05, 0) is 26.0 Å². The van der Waals surface area contributed by atoms with Crippen LogP contribution in [0.1, 0.15) is 17.0 Å². The van der Waals surface area contributed by atoms with E-state index in [0.717, 1.165) is 6.07 Å². The van der Waals surface area contributed by atoms with Crippen LogP contribution in [0.15, 0.2) is 18.5 Å². The molecule has 0 spiro atoms. The second-order valence-electron chi connectivity index (χ2n) is 5.96. The van der Waals surface area contributed by atoms with Crippen molar-refractivity contribution in [3.8, 4) is 0 Å². The number of halogens is 3. The minimum atomic E-state index is -1.69. The van der Waals surface area contributed by atoms with Gasteiger partial charge in [-0.2, -0.15) is 10.1 Å². The van der Waals surface area contributed by atoms with E-state index in [1.807, 2.05) is 0 Å². The zero-order valence-electron chi connectivity index (χ0n) is 14.9. The Labute approximate surface area is 156 Å². The molecule has 0 saturated heterocycles. The molecule has 2 amide bonds. The summed E-state index contributed by atoms with van der Waals surface area (Å²) < 4.78 is 41.1. The van der Waals surface area contributed by atoms with Crippen molar-refractivity contribution in [2.24, 2.45) is 0 Å². The average molecular weight is 392 g/mol. The van der Waals surface area contributed by atoms with E-state index in [-0.39, 0.29) is 6.42 Å². The SMILES string of the molecule is Cc1nc2ncnn2c(C)c1CC(=O)NCC(=O)Nc1ccc(F)c(F)c1F. The Morgan fingerprint density at radius 1 is 1.11 bits per heavy atom. The third-order valence-corrected chi connectivity index (χ3v) is 4.08. The molecule has 0 fully saturated rings. The quantitative estimate of drug-likeness (QED) is 0.640. The molecule has 0 unspecified atom stereocenters. The van der Waals surface area contributed by atoms with Crippen LogP contribution < -0.4 is 10.6 Å². The summed E-state index contributed by atoms with van der Waals surface area (Å²) >= 11 is 0. The van der Waals surface area contributed by atoms with E-state index < -0.39 is 41.5 Å². The van der Waals surface area contributed by atoms with Crippen LogP contribution in [0.5, 0.6) is 0 Å². The van der Waals surface area contributed by atoms with Gasteiger partial charge in [-0.15, -0.1) is 0 Å². The van der Waals surface area contributed by atoms with Crippen molar-refractivity contribution in [3.63, 3.8) is 0 Å². The highest BCUT2D eigenvalue weighted by atomic mass is 19.2. The van der Waals surface area contributed by atoms with Crippen LogP contribution in [0, 0.1) is 31.3 Å². The molecule has 0 saturated carbocycles. The number of rotatable bonds is 5. The van der Waals surface area contributed by atoms with Crippen LogP contribution in [-0.2, 0) is 16.0 Å². The van der Waals surface area contributed by atoms with Crippen molar-refractivity contribution >= 4 is 23.3 Å². The van der Waals surface area contributed by atoms with E-state index >= 15 is 0 Å². The predicted octanol–water partition coefficient (Wildman–Crippen LogP) is 1.46. The number of anilines is 1. The van der Waals surface area contributed by atoms with E-state index in [4.69, 9.17) is 0 Å². The van der Waals surface area contributed by atoms with Crippen molar-refractivity contribution in [1.82, 2.24) is 24.9 Å². The second kappa shape index (κ2) is 7.62. The molecule has 3 rings (SSSR count). The van der Waals surface area contributed by atoms with Crippen molar-refractivity contribution in [1.29, 1.82) is 0 Å². The van der Waals surface area contributed by atoms with Crippen molar-refractivity contribution in [3.05, 3.63) is 52.9 Å². The number of aromatic nitrogens is 4. The molecular formula is C17H15F3N6O2. The maximum absolute atomic E-state index is 13.6. The van der Waals surface area contributed by atoms with Crippen LogP contribution in [0.4, 0.5) is 18.9 Å². The third-order valence-electron chi connectivity index (χ3n) is 4.08. The Hall–Kier alpha value is -3.50. The zero-order chi connectivity index (χ0) is 20.4. The van der Waals surface area contributed by atoms with E-state index in [9.17, 15) is 22.8 Å². The highest BCUT2D eigenvalue weighted by molar-refractivity contribution is 5.94. The fourth-order valence-corrected chi connectivity index (χ4v) is 2.63. The molecule has 0 atom stereocenters. The molecule has 1 aromatic carbocycles. The molecule has 8 nitrogen and oxygen atoms in total. The van der Waals surface area contributed by atoms with E-state index in [1.165, 1.54) is 10.8 Å². The smallest absolute Gasteiger partial charge is 0.252 e. The summed E-state index contributed by atoms with van der Waals surface area (Å²) in [6.07, 6.45) is 1.29. The first-order valence-corrected chi connectivity index (χ1v) is 8.13. The molecule has 2 aromatic heterocycles. The van der Waals surface area contributed by atoms with Gasteiger partial charge < -0.3 is 10.6 Å². The maximum Gasteiger partial charge on any atom is 0.252 e. The lowest BCUT2D eigenvalue weighted by Gasteiger charge is -2.11. The molecule has 0 aliphatic carbocycles. The first-order chi connectivity index (χ1) is 13.3. The summed E-state index contributed by atoms with van der Waals surface area (Å²) in [7, 11) is 0. The minimum Gasteiger partial charge on any atom is -0.347 e. The highest BCUT2D eigenvalue weighted by Crippen LogP contribution is 2.19. The van der Waals surface area contributed by atoms with Crippen LogP contribution in [0.25, 0.3) is 5.78 Å². The number of hydrogen-bond donors (Lipinski definition) is 2. The van der Waals surface area contributed by atoms with Crippen molar-refractivity contribution in [2.45, 2.75) is 20.3 Å². The van der Waals surface area contributed by atoms with E-state index in [0.29, 0.717) is 28.8 Å². The number of fused-ring (bicyclic) bond motifs is 1. The van der Waals surface area contributed by atoms with Crippen LogP contribution >= 0.6 is 0 Å². The number of carbonyl (C=O) groups excluding carboxylic acids is 2. The Morgan fingerprint density at radius 3 is 2.61 bits per heavy atom. The summed E-state index contributed by atoms with van der Waals surface area (Å²) in [5, 5.41) is 8.47. The summed E-state index contributed by atoms with van der Waals surface area (Å²) in [4.78, 5) is 32.2. The lowest BCUT2D eigenvalue weighted by Crippen LogP contribution is -2.34. The molecule has 146 valence electrons. The standard InChI is InChI=1S/C17H15F3N6O2/c1-8-10(9(2)26-17(24-8)22-7-23-26)5-13(27)21-6-14(28)25-12-4-3-11(18)15(19)16(12)20/h3-4,7H,5-6H2,1-2H3,(H,21,27)(H,25,28). The van der Waals surface area contributed by atoms with Crippen molar-refractivity contribution < 1.29 is 22.8 Å². The fraction of sp³-hybridized carbons (Fsp3) is 0.235. The lowest BCUT2D eigenvalue weighted by molar-refractivity contribution is -0.123. The zero-order valence-corrected chi connectivity index (χ0v) is 14.9. The lowest BCUT2D eigenvalue weighted by atomic mass is 10.1. The number of benzene rings is 1. The molecule has 11 heteroatoms. The highest BCUT2D eigenvalue weighted by Gasteiger charge is 2.17. The van der Waals surface area contributed by atoms with E-state index in [1.54, 1.807) is 13.8 Å². The largest absolute Gasteiger partial charge is 0.347 e. The Balaban J connectivity index is 1.62. The van der Waals surface area contributed by atoms with Gasteiger partial charge in [0.05, 0.1) is 18.7 Å². The van der Waals surface area contributed by atoms with Gasteiger partial charge >= 0.3 is 0 Å². The van der Waals surface area contributed by atoms with Gasteiger partial charge in [-0.25, -0.2) is 22.7 Å². The summed E-state index contributed by atoms with van der Waals surface area (Å²) in [6.45, 7) is 3.01. The first kappa shape index (κ1) is 19.3. The molecule has 2 heterocycles. The van der Waals surface area contributed by atoms with Crippen molar-refractivity contribution in [2.75, 3.05) is 11.9 Å². The Morgan fingerprint density at radius 2 is 1.86 bits per heavy atom. The van der Waals surface area contributed by atoms with Gasteiger partial charge in [-0.1, -0.05) is 0 Å². The monoisotopic (exact) mass is 392 g/mol. The van der Waals surface area contributed by atoms with Gasteiger partial charge in [0.25, 0.3) is 5.78 Å². The normalized spacial score (nSPS) is 10.9. The summed E-state index contributed by atoms with van der Waals surface area (Å²) in [6, 6.07) is 1.57. The summed E-state index contributed by atoms with van der Waals surface area (Å²) in [5.74, 6) is -5.44. The number of carbonyl (C=O) groups is 2. The fourth-order valence-electron chi connectivity index (χ4n) is 2.63. The number of nitrogens with zero attached hydrogens (tertiary/aromatic N) is 4. The Kier molecular flexibility index (Phi) is 5.25. The van der Waals surface area contributed by atoms with Gasteiger partial charge in [0, 0.05) is 17.0 Å². The topological polar surface area (TPSA) is 101 Å². The maximum atomic E-state index is 13.6. The average Bonchev–Trinajstić information content (AvgIpc) is 3.12. The molecular weight excluding hydrogens is 377 g/mol.